The molecule has 0 amide bonds. The van der Waals surface area contributed by atoms with Crippen molar-refractivity contribution < 1.29 is 0 Å². The van der Waals surface area contributed by atoms with E-state index >= 15 is 0 Å². The summed E-state index contributed by atoms with van der Waals surface area (Å²) in [4.78, 5) is 0. The van der Waals surface area contributed by atoms with Gasteiger partial charge in [-0.2, -0.15) is 0 Å². The number of anilines is 1. The van der Waals surface area contributed by atoms with Gasteiger partial charge in [0.1, 0.15) is 0 Å². The summed E-state index contributed by atoms with van der Waals surface area (Å²) in [6.45, 7) is 11.0. The molecule has 0 heterocycles. The highest BCUT2D eigenvalue weighted by molar-refractivity contribution is 6.33. The average molecular weight is 269 g/mol. The maximum absolute atomic E-state index is 6.00. The third kappa shape index (κ3) is 4.51. The van der Waals surface area contributed by atoms with Crippen LogP contribution >= 0.6 is 11.6 Å². The topological polar surface area (TPSA) is 38.0 Å². The Hall–Kier alpha value is -0.730. The molecule has 102 valence electrons. The van der Waals surface area contributed by atoms with Crippen LogP contribution in [0.1, 0.15) is 33.3 Å². The maximum Gasteiger partial charge on any atom is 0.0638 e. The second-order valence-corrected chi connectivity index (χ2v) is 6.05. The first kappa shape index (κ1) is 15.3. The number of rotatable bonds is 6. The van der Waals surface area contributed by atoms with Crippen LogP contribution in [-0.2, 0) is 6.54 Å². The van der Waals surface area contributed by atoms with Crippen LogP contribution in [0.3, 0.4) is 0 Å². The molecule has 0 radical (unpaired) electrons. The van der Waals surface area contributed by atoms with Crippen molar-refractivity contribution in [1.82, 2.24) is 5.32 Å². The van der Waals surface area contributed by atoms with Gasteiger partial charge in [0.2, 0.25) is 0 Å². The standard InChI is InChI=1S/C15H25ClN2/c1-10(2)13(11(3)4)9-18-8-12-5-6-15(17)14(16)7-12/h5-7,10-11,13,18H,8-9,17H2,1-4H3. The summed E-state index contributed by atoms with van der Waals surface area (Å²) in [5.74, 6) is 2.11. The van der Waals surface area contributed by atoms with Crippen molar-refractivity contribution in [2.75, 3.05) is 12.3 Å². The Labute approximate surface area is 116 Å². The molecule has 0 fully saturated rings. The Morgan fingerprint density at radius 3 is 2.28 bits per heavy atom. The van der Waals surface area contributed by atoms with Crippen molar-refractivity contribution in [3.05, 3.63) is 28.8 Å². The van der Waals surface area contributed by atoms with Crippen molar-refractivity contribution in [3.8, 4) is 0 Å². The predicted molar refractivity (Wildman–Crippen MR) is 80.7 cm³/mol. The summed E-state index contributed by atoms with van der Waals surface area (Å²) in [7, 11) is 0. The summed E-state index contributed by atoms with van der Waals surface area (Å²) < 4.78 is 0. The van der Waals surface area contributed by atoms with Crippen molar-refractivity contribution in [2.24, 2.45) is 17.8 Å². The average Bonchev–Trinajstić information content (AvgIpc) is 2.28. The van der Waals surface area contributed by atoms with Gasteiger partial charge in [0.05, 0.1) is 10.7 Å². The Bertz CT molecular complexity index is 367. The fourth-order valence-corrected chi connectivity index (χ4v) is 2.51. The second kappa shape index (κ2) is 7.01. The summed E-state index contributed by atoms with van der Waals surface area (Å²) in [6.07, 6.45) is 0. The van der Waals surface area contributed by atoms with Crippen molar-refractivity contribution in [3.63, 3.8) is 0 Å². The van der Waals surface area contributed by atoms with E-state index in [0.29, 0.717) is 28.5 Å². The smallest absolute Gasteiger partial charge is 0.0638 e. The van der Waals surface area contributed by atoms with Crippen LogP contribution in [0.15, 0.2) is 18.2 Å². The van der Waals surface area contributed by atoms with Crippen molar-refractivity contribution >= 4 is 17.3 Å². The molecule has 1 rings (SSSR count). The summed E-state index contributed by atoms with van der Waals surface area (Å²) in [5, 5.41) is 4.15. The largest absolute Gasteiger partial charge is 0.398 e. The van der Waals surface area contributed by atoms with E-state index in [0.717, 1.165) is 13.1 Å². The van der Waals surface area contributed by atoms with Gasteiger partial charge in [0.25, 0.3) is 0 Å². The molecule has 0 saturated heterocycles. The van der Waals surface area contributed by atoms with Gasteiger partial charge in [-0.15, -0.1) is 0 Å². The quantitative estimate of drug-likeness (QED) is 0.767. The molecule has 3 heteroatoms. The van der Waals surface area contributed by atoms with Gasteiger partial charge in [-0.05, 0) is 42.0 Å². The molecule has 0 aliphatic heterocycles. The first-order valence-electron chi connectivity index (χ1n) is 6.66. The van der Waals surface area contributed by atoms with Gasteiger partial charge in [-0.1, -0.05) is 45.4 Å². The molecule has 0 bridgehead atoms. The van der Waals surface area contributed by atoms with Crippen molar-refractivity contribution in [2.45, 2.75) is 34.2 Å². The molecule has 3 N–H and O–H groups in total. The van der Waals surface area contributed by atoms with Crippen LogP contribution in [0.5, 0.6) is 0 Å². The molecule has 1 aromatic rings. The molecule has 0 aromatic heterocycles. The van der Waals surface area contributed by atoms with Gasteiger partial charge >= 0.3 is 0 Å². The predicted octanol–water partition coefficient (Wildman–Crippen LogP) is 3.94. The summed E-state index contributed by atoms with van der Waals surface area (Å²) >= 11 is 6.00. The number of nitrogens with two attached hydrogens (primary N) is 1. The van der Waals surface area contributed by atoms with E-state index < -0.39 is 0 Å². The zero-order chi connectivity index (χ0) is 13.7. The SMILES string of the molecule is CC(C)C(CNCc1ccc(N)c(Cl)c1)C(C)C. The third-order valence-electron chi connectivity index (χ3n) is 3.49. The van der Waals surface area contributed by atoms with Crippen molar-refractivity contribution in [1.29, 1.82) is 0 Å². The van der Waals surface area contributed by atoms with E-state index in [1.165, 1.54) is 5.56 Å². The molecule has 0 atom stereocenters. The molecular formula is C15H25ClN2. The normalized spacial score (nSPS) is 11.8. The van der Waals surface area contributed by atoms with E-state index in [9.17, 15) is 0 Å². The van der Waals surface area contributed by atoms with Crippen LogP contribution in [0.4, 0.5) is 5.69 Å². The maximum atomic E-state index is 6.00. The van der Waals surface area contributed by atoms with Gasteiger partial charge in [-0.25, -0.2) is 0 Å². The molecule has 0 spiro atoms. The van der Waals surface area contributed by atoms with E-state index in [-0.39, 0.29) is 0 Å². The fourth-order valence-electron chi connectivity index (χ4n) is 2.30. The Kier molecular flexibility index (Phi) is 5.97. The first-order valence-corrected chi connectivity index (χ1v) is 7.04. The number of benzene rings is 1. The molecule has 0 aliphatic rings. The molecule has 0 saturated carbocycles. The first-order chi connectivity index (χ1) is 8.41. The van der Waals surface area contributed by atoms with Gasteiger partial charge in [0.15, 0.2) is 0 Å². The lowest BCUT2D eigenvalue weighted by Gasteiger charge is -2.25. The third-order valence-corrected chi connectivity index (χ3v) is 3.81. The lowest BCUT2D eigenvalue weighted by molar-refractivity contribution is 0.275. The monoisotopic (exact) mass is 268 g/mol. The zero-order valence-electron chi connectivity index (χ0n) is 11.8. The molecule has 2 nitrogen and oxygen atoms in total. The Morgan fingerprint density at radius 2 is 1.78 bits per heavy atom. The minimum atomic E-state index is 0.638. The minimum absolute atomic E-state index is 0.638. The molecule has 18 heavy (non-hydrogen) atoms. The zero-order valence-corrected chi connectivity index (χ0v) is 12.6. The lowest BCUT2D eigenvalue weighted by Crippen LogP contribution is -2.29. The Balaban J connectivity index is 2.47. The molecular weight excluding hydrogens is 244 g/mol. The van der Waals surface area contributed by atoms with E-state index in [1.54, 1.807) is 0 Å². The highest BCUT2D eigenvalue weighted by Crippen LogP contribution is 2.21. The van der Waals surface area contributed by atoms with Gasteiger partial charge in [-0.3, -0.25) is 0 Å². The van der Waals surface area contributed by atoms with Crippen LogP contribution in [0.25, 0.3) is 0 Å². The van der Waals surface area contributed by atoms with Gasteiger partial charge in [0, 0.05) is 6.54 Å². The minimum Gasteiger partial charge on any atom is -0.398 e. The number of nitrogens with one attached hydrogen (secondary N) is 1. The fraction of sp³-hybridized carbons (Fsp3) is 0.600. The molecule has 1 aromatic carbocycles. The van der Waals surface area contributed by atoms with E-state index in [1.807, 2.05) is 18.2 Å². The molecule has 0 aliphatic carbocycles. The highest BCUT2D eigenvalue weighted by Gasteiger charge is 2.16. The number of hydrogen-bond donors (Lipinski definition) is 2. The van der Waals surface area contributed by atoms with Crippen LogP contribution in [0, 0.1) is 17.8 Å². The molecule has 0 unspecified atom stereocenters. The van der Waals surface area contributed by atoms with Crippen LogP contribution in [-0.4, -0.2) is 6.54 Å². The Morgan fingerprint density at radius 1 is 1.17 bits per heavy atom. The number of halogens is 1. The van der Waals surface area contributed by atoms with E-state index in [2.05, 4.69) is 33.0 Å². The highest BCUT2D eigenvalue weighted by atomic mass is 35.5. The van der Waals surface area contributed by atoms with E-state index in [4.69, 9.17) is 17.3 Å². The second-order valence-electron chi connectivity index (χ2n) is 5.64. The van der Waals surface area contributed by atoms with Crippen LogP contribution < -0.4 is 11.1 Å². The summed E-state index contributed by atoms with van der Waals surface area (Å²) in [5.41, 5.74) is 7.52. The number of nitrogen functional groups attached to an aromatic ring is 1. The van der Waals surface area contributed by atoms with Crippen LogP contribution in [0.2, 0.25) is 5.02 Å². The lowest BCUT2D eigenvalue weighted by atomic mass is 9.85. The number of hydrogen-bond acceptors (Lipinski definition) is 2. The van der Waals surface area contributed by atoms with Gasteiger partial charge < -0.3 is 11.1 Å². The summed E-state index contributed by atoms with van der Waals surface area (Å²) in [6, 6.07) is 5.82.